The predicted octanol–water partition coefficient (Wildman–Crippen LogP) is 2.11. The Bertz CT molecular complexity index is 953. The third-order valence-electron chi connectivity index (χ3n) is 5.25. The third kappa shape index (κ3) is 3.77. The Balaban J connectivity index is 1.39. The van der Waals surface area contributed by atoms with Crippen LogP contribution >= 0.6 is 0 Å². The molecule has 8 nitrogen and oxygen atoms in total. The van der Waals surface area contributed by atoms with Gasteiger partial charge in [0.25, 0.3) is 5.91 Å². The van der Waals surface area contributed by atoms with Crippen molar-refractivity contribution in [1.82, 2.24) is 35.2 Å². The second-order valence-corrected chi connectivity index (χ2v) is 7.55. The monoisotopic (exact) mass is 381 g/mol. The van der Waals surface area contributed by atoms with Gasteiger partial charge in [-0.1, -0.05) is 17.3 Å². The molecular formula is C20H27N7O. The van der Waals surface area contributed by atoms with Gasteiger partial charge in [-0.15, -0.1) is 5.10 Å². The number of aromatic nitrogens is 5. The minimum Gasteiger partial charge on any atom is -0.350 e. The number of nitrogens with one attached hydrogen (secondary N) is 2. The number of carbonyl (C=O) groups is 1. The fourth-order valence-corrected chi connectivity index (χ4v) is 3.86. The van der Waals surface area contributed by atoms with Crippen LogP contribution in [0.2, 0.25) is 0 Å². The fourth-order valence-electron chi connectivity index (χ4n) is 3.86. The molecule has 1 aromatic carbocycles. The molecule has 28 heavy (non-hydrogen) atoms. The van der Waals surface area contributed by atoms with Crippen molar-refractivity contribution < 1.29 is 4.79 Å². The van der Waals surface area contributed by atoms with E-state index >= 15 is 0 Å². The lowest BCUT2D eigenvalue weighted by Gasteiger charge is -2.22. The molecule has 0 aliphatic carbocycles. The second-order valence-electron chi connectivity index (χ2n) is 7.55. The quantitative estimate of drug-likeness (QED) is 0.683. The maximum atomic E-state index is 12.5. The molecule has 0 unspecified atom stereocenters. The van der Waals surface area contributed by atoms with Gasteiger partial charge in [-0.05, 0) is 51.9 Å². The largest absolute Gasteiger partial charge is 0.350 e. The lowest BCUT2D eigenvalue weighted by molar-refractivity contribution is 0.0949. The van der Waals surface area contributed by atoms with Crippen LogP contribution in [0.4, 0.5) is 0 Å². The minimum absolute atomic E-state index is 0.188. The number of piperidine rings is 1. The first-order chi connectivity index (χ1) is 13.6. The number of hydrogen-bond donors (Lipinski definition) is 2. The molecule has 148 valence electrons. The molecule has 3 heterocycles. The predicted molar refractivity (Wildman–Crippen MR) is 107 cm³/mol. The number of carbonyl (C=O) groups excluding carboxylic acids is 1. The SMILES string of the molecule is CC(C)n1c(CCNC(=O)c2cn(C3CCNCC3)nn2)nc2ccccc21. The lowest BCUT2D eigenvalue weighted by atomic mass is 10.1. The summed E-state index contributed by atoms with van der Waals surface area (Å²) in [6.45, 7) is 6.76. The van der Waals surface area contributed by atoms with Crippen LogP contribution in [0.1, 0.15) is 55.1 Å². The Morgan fingerprint density at radius 1 is 1.29 bits per heavy atom. The number of para-hydroxylation sites is 2. The zero-order chi connectivity index (χ0) is 19.5. The summed E-state index contributed by atoms with van der Waals surface area (Å²) in [5, 5.41) is 14.5. The summed E-state index contributed by atoms with van der Waals surface area (Å²) in [5.74, 6) is 0.794. The van der Waals surface area contributed by atoms with Gasteiger partial charge >= 0.3 is 0 Å². The highest BCUT2D eigenvalue weighted by Gasteiger charge is 2.19. The van der Waals surface area contributed by atoms with Crippen LogP contribution in [0, 0.1) is 0 Å². The van der Waals surface area contributed by atoms with E-state index in [2.05, 4.69) is 45.4 Å². The van der Waals surface area contributed by atoms with Gasteiger partial charge in [0.15, 0.2) is 5.69 Å². The second kappa shape index (κ2) is 8.10. The number of amides is 1. The van der Waals surface area contributed by atoms with Crippen molar-refractivity contribution in [1.29, 1.82) is 0 Å². The summed E-state index contributed by atoms with van der Waals surface area (Å²) in [4.78, 5) is 17.2. The normalized spacial score (nSPS) is 15.4. The minimum atomic E-state index is -0.188. The highest BCUT2D eigenvalue weighted by Crippen LogP contribution is 2.21. The Morgan fingerprint density at radius 3 is 2.86 bits per heavy atom. The van der Waals surface area contributed by atoms with E-state index in [0.717, 1.165) is 42.8 Å². The van der Waals surface area contributed by atoms with Crippen molar-refractivity contribution >= 4 is 16.9 Å². The van der Waals surface area contributed by atoms with Crippen LogP contribution in [0.25, 0.3) is 11.0 Å². The van der Waals surface area contributed by atoms with Crippen LogP contribution in [0.5, 0.6) is 0 Å². The van der Waals surface area contributed by atoms with E-state index in [1.165, 1.54) is 0 Å². The van der Waals surface area contributed by atoms with Gasteiger partial charge in [-0.25, -0.2) is 9.67 Å². The summed E-state index contributed by atoms with van der Waals surface area (Å²) < 4.78 is 4.06. The molecule has 0 atom stereocenters. The van der Waals surface area contributed by atoms with Gasteiger partial charge < -0.3 is 15.2 Å². The molecule has 0 spiro atoms. The first kappa shape index (κ1) is 18.6. The summed E-state index contributed by atoms with van der Waals surface area (Å²) in [7, 11) is 0. The topological polar surface area (TPSA) is 89.7 Å². The molecule has 1 aliphatic heterocycles. The summed E-state index contributed by atoms with van der Waals surface area (Å²) in [6, 6.07) is 8.76. The number of imidazole rings is 1. The first-order valence-electron chi connectivity index (χ1n) is 10.00. The molecule has 2 N–H and O–H groups in total. The summed E-state index contributed by atoms with van der Waals surface area (Å²) in [5.41, 5.74) is 2.49. The zero-order valence-electron chi connectivity index (χ0n) is 16.4. The molecule has 1 fully saturated rings. The molecule has 3 aromatic rings. The maximum Gasteiger partial charge on any atom is 0.273 e. The van der Waals surface area contributed by atoms with E-state index in [1.54, 1.807) is 6.20 Å². The summed E-state index contributed by atoms with van der Waals surface area (Å²) in [6.07, 6.45) is 4.45. The average Bonchev–Trinajstić information content (AvgIpc) is 3.33. The van der Waals surface area contributed by atoms with Gasteiger partial charge in [0.2, 0.25) is 0 Å². The molecular weight excluding hydrogens is 354 g/mol. The third-order valence-corrected chi connectivity index (χ3v) is 5.25. The van der Waals surface area contributed by atoms with E-state index in [1.807, 2.05) is 22.9 Å². The molecule has 1 aliphatic rings. The Morgan fingerprint density at radius 2 is 2.07 bits per heavy atom. The Kier molecular flexibility index (Phi) is 5.38. The molecule has 4 rings (SSSR count). The van der Waals surface area contributed by atoms with Crippen molar-refractivity contribution in [3.05, 3.63) is 42.0 Å². The van der Waals surface area contributed by atoms with Gasteiger partial charge in [-0.3, -0.25) is 4.79 Å². The van der Waals surface area contributed by atoms with Crippen LogP contribution in [-0.4, -0.2) is 50.1 Å². The van der Waals surface area contributed by atoms with E-state index in [4.69, 9.17) is 4.98 Å². The zero-order valence-corrected chi connectivity index (χ0v) is 16.4. The number of hydrogen-bond acceptors (Lipinski definition) is 5. The Hall–Kier alpha value is -2.74. The number of benzene rings is 1. The Labute approximate surface area is 164 Å². The number of rotatable bonds is 6. The van der Waals surface area contributed by atoms with Crippen LogP contribution in [0.3, 0.4) is 0 Å². The molecule has 0 radical (unpaired) electrons. The van der Waals surface area contributed by atoms with Gasteiger partial charge in [0.05, 0.1) is 23.3 Å². The molecule has 8 heteroatoms. The van der Waals surface area contributed by atoms with Crippen molar-refractivity contribution in [2.75, 3.05) is 19.6 Å². The van der Waals surface area contributed by atoms with Gasteiger partial charge in [-0.2, -0.15) is 0 Å². The van der Waals surface area contributed by atoms with Crippen molar-refractivity contribution in [2.24, 2.45) is 0 Å². The van der Waals surface area contributed by atoms with Crippen molar-refractivity contribution in [3.8, 4) is 0 Å². The molecule has 1 saturated heterocycles. The van der Waals surface area contributed by atoms with Crippen molar-refractivity contribution in [2.45, 2.75) is 45.2 Å². The highest BCUT2D eigenvalue weighted by molar-refractivity contribution is 5.91. The van der Waals surface area contributed by atoms with Gasteiger partial charge in [0, 0.05) is 19.0 Å². The number of fused-ring (bicyclic) bond motifs is 1. The number of nitrogens with zero attached hydrogens (tertiary/aromatic N) is 5. The van der Waals surface area contributed by atoms with Crippen LogP contribution in [-0.2, 0) is 6.42 Å². The summed E-state index contributed by atoms with van der Waals surface area (Å²) >= 11 is 0. The van der Waals surface area contributed by atoms with Crippen LogP contribution < -0.4 is 10.6 Å². The first-order valence-corrected chi connectivity index (χ1v) is 10.00. The van der Waals surface area contributed by atoms with E-state index in [9.17, 15) is 4.79 Å². The smallest absolute Gasteiger partial charge is 0.273 e. The molecule has 1 amide bonds. The van der Waals surface area contributed by atoms with Crippen molar-refractivity contribution in [3.63, 3.8) is 0 Å². The molecule has 0 saturated carbocycles. The van der Waals surface area contributed by atoms with E-state index in [-0.39, 0.29) is 5.91 Å². The van der Waals surface area contributed by atoms with E-state index < -0.39 is 0 Å². The molecule has 0 bridgehead atoms. The lowest BCUT2D eigenvalue weighted by Crippen LogP contribution is -2.29. The standard InChI is InChI=1S/C20H27N7O/c1-14(2)27-18-6-4-3-5-16(18)23-19(27)9-12-22-20(28)17-13-26(25-24-17)15-7-10-21-11-8-15/h3-6,13-15,21H,7-12H2,1-2H3,(H,22,28). The highest BCUT2D eigenvalue weighted by atomic mass is 16.2. The fraction of sp³-hybridized carbons (Fsp3) is 0.500. The molecule has 2 aromatic heterocycles. The van der Waals surface area contributed by atoms with Gasteiger partial charge in [0.1, 0.15) is 5.82 Å². The maximum absolute atomic E-state index is 12.5. The average molecular weight is 381 g/mol. The van der Waals surface area contributed by atoms with Crippen LogP contribution in [0.15, 0.2) is 30.5 Å². The van der Waals surface area contributed by atoms with E-state index in [0.29, 0.717) is 30.7 Å².